The second-order valence-corrected chi connectivity index (χ2v) is 14.3. The number of hydrogen-bond acceptors (Lipinski definition) is 4. The van der Waals surface area contributed by atoms with Gasteiger partial charge >= 0.3 is 0 Å². The lowest BCUT2D eigenvalue weighted by molar-refractivity contribution is 1.07. The predicted octanol–water partition coefficient (Wildman–Crippen LogP) is 13.2. The van der Waals surface area contributed by atoms with Crippen molar-refractivity contribution in [3.63, 3.8) is 0 Å². The molecule has 0 saturated heterocycles. The van der Waals surface area contributed by atoms with Gasteiger partial charge in [-0.2, -0.15) is 0 Å². The predicted molar refractivity (Wildman–Crippen MR) is 226 cm³/mol. The van der Waals surface area contributed by atoms with Crippen LogP contribution in [-0.2, 0) is 0 Å². The zero-order valence-electron chi connectivity index (χ0n) is 33.6. The van der Waals surface area contributed by atoms with E-state index in [1.54, 1.807) is 11.3 Å². The number of thiophene rings is 1. The smallest absolute Gasteiger partial charge is 0.165 e. The Morgan fingerprint density at radius 2 is 1.07 bits per heavy atom. The zero-order valence-corrected chi connectivity index (χ0v) is 29.4. The van der Waals surface area contributed by atoms with E-state index in [0.29, 0.717) is 17.2 Å². The number of rotatable bonds is 5. The van der Waals surface area contributed by atoms with E-state index in [-0.39, 0.29) is 23.5 Å². The van der Waals surface area contributed by atoms with Gasteiger partial charge in [-0.25, -0.2) is 15.0 Å². The molecule has 3 aromatic heterocycles. The maximum absolute atomic E-state index is 8.87. The van der Waals surface area contributed by atoms with Crippen molar-refractivity contribution in [2.75, 3.05) is 0 Å². The molecule has 0 amide bonds. The van der Waals surface area contributed by atoms with Crippen LogP contribution in [0.2, 0.25) is 0 Å². The van der Waals surface area contributed by atoms with E-state index < -0.39 is 18.1 Å². The molecule has 0 saturated carbocycles. The third-order valence-electron chi connectivity index (χ3n) is 10.1. The molecule has 0 bridgehead atoms. The Hall–Kier alpha value is -6.95. The quantitative estimate of drug-likeness (QED) is 0.178. The molecule has 11 aromatic rings. The van der Waals surface area contributed by atoms with Gasteiger partial charge in [-0.15, -0.1) is 11.3 Å². The second-order valence-electron chi connectivity index (χ2n) is 13.3. The van der Waals surface area contributed by atoms with Gasteiger partial charge in [-0.1, -0.05) is 145 Å². The summed E-state index contributed by atoms with van der Waals surface area (Å²) in [5.41, 5.74) is 6.61. The molecule has 0 fully saturated rings. The molecule has 8 aromatic carbocycles. The summed E-state index contributed by atoms with van der Waals surface area (Å²) in [4.78, 5) is 14.9. The van der Waals surface area contributed by atoms with Crippen molar-refractivity contribution in [3.8, 4) is 51.0 Å². The Balaban J connectivity index is 1.23. The van der Waals surface area contributed by atoms with Crippen LogP contribution in [0.3, 0.4) is 0 Å². The van der Waals surface area contributed by atoms with Crippen molar-refractivity contribution < 1.29 is 6.85 Å². The second kappa shape index (κ2) is 12.3. The molecule has 5 heteroatoms. The number of nitrogens with zero attached hydrogens (tertiary/aromatic N) is 4. The van der Waals surface area contributed by atoms with Crippen LogP contribution in [0, 0.1) is 0 Å². The molecule has 0 aliphatic heterocycles. The van der Waals surface area contributed by atoms with Gasteiger partial charge in [0.2, 0.25) is 0 Å². The summed E-state index contributed by atoms with van der Waals surface area (Å²) in [5.74, 6) is 0.656. The van der Waals surface area contributed by atoms with Crippen LogP contribution in [0.25, 0.3) is 104 Å². The average molecular weight is 712 g/mol. The third kappa shape index (κ3) is 5.01. The van der Waals surface area contributed by atoms with Gasteiger partial charge in [-0.3, -0.25) is 0 Å². The maximum atomic E-state index is 8.87. The lowest BCUT2D eigenvalue weighted by atomic mass is 10.00. The summed E-state index contributed by atoms with van der Waals surface area (Å²) >= 11 is 1.66. The molecule has 54 heavy (non-hydrogen) atoms. The first kappa shape index (κ1) is 25.9. The zero-order chi connectivity index (χ0) is 39.9. The number of benzene rings is 8. The molecule has 0 aliphatic rings. The van der Waals surface area contributed by atoms with Gasteiger partial charge in [0.25, 0.3) is 0 Å². The van der Waals surface area contributed by atoms with Crippen LogP contribution >= 0.6 is 11.3 Å². The van der Waals surface area contributed by atoms with Gasteiger partial charge < -0.3 is 4.57 Å². The topological polar surface area (TPSA) is 43.6 Å². The summed E-state index contributed by atoms with van der Waals surface area (Å²) in [6.07, 6.45) is 0. The Morgan fingerprint density at radius 1 is 0.444 bits per heavy atom. The largest absolute Gasteiger partial charge is 0.309 e. The van der Waals surface area contributed by atoms with Gasteiger partial charge in [0.1, 0.15) is 0 Å². The number of aromatic nitrogens is 4. The fourth-order valence-electron chi connectivity index (χ4n) is 7.59. The van der Waals surface area contributed by atoms with E-state index in [1.807, 2.05) is 30.3 Å². The molecule has 0 aliphatic carbocycles. The van der Waals surface area contributed by atoms with Crippen LogP contribution in [0.5, 0.6) is 0 Å². The van der Waals surface area contributed by atoms with Crippen molar-refractivity contribution in [2.45, 2.75) is 0 Å². The van der Waals surface area contributed by atoms with Crippen molar-refractivity contribution in [1.29, 1.82) is 0 Å². The molecule has 252 valence electrons. The van der Waals surface area contributed by atoms with E-state index in [2.05, 4.69) is 126 Å². The molecule has 4 nitrogen and oxygen atoms in total. The SMILES string of the molecule is [2H]c1c([2H])c([2H])c(-c2nc(-c3ccccc3)nc(-c3cc(-n4c5ccccc5c5ccccc54)cc4c3sc3cc(-c5ccc6ccccc6c5)ccc34)n2)c([2H])c1[2H]. The summed E-state index contributed by atoms with van der Waals surface area (Å²) < 4.78 is 47.3. The minimum absolute atomic E-state index is 0.000899. The van der Waals surface area contributed by atoms with E-state index in [0.717, 1.165) is 64.4 Å². The van der Waals surface area contributed by atoms with E-state index in [1.165, 1.54) is 10.8 Å². The van der Waals surface area contributed by atoms with Gasteiger partial charge in [0, 0.05) is 53.3 Å². The molecule has 0 radical (unpaired) electrons. The third-order valence-corrected chi connectivity index (χ3v) is 11.3. The van der Waals surface area contributed by atoms with Gasteiger partial charge in [0.05, 0.1) is 17.9 Å². The molecule has 11 rings (SSSR count). The molecule has 0 unspecified atom stereocenters. The van der Waals surface area contributed by atoms with Crippen LogP contribution in [0.4, 0.5) is 0 Å². The highest BCUT2D eigenvalue weighted by Gasteiger charge is 2.21. The number of hydrogen-bond donors (Lipinski definition) is 0. The first-order chi connectivity index (χ1) is 28.8. The maximum Gasteiger partial charge on any atom is 0.165 e. The van der Waals surface area contributed by atoms with Gasteiger partial charge in [-0.05, 0) is 58.3 Å². The highest BCUT2D eigenvalue weighted by Crippen LogP contribution is 2.44. The number of para-hydroxylation sites is 2. The Bertz CT molecular complexity index is 3440. The van der Waals surface area contributed by atoms with E-state index in [9.17, 15) is 0 Å². The highest BCUT2D eigenvalue weighted by atomic mass is 32.1. The standard InChI is InChI=1S/C49H30N4S/c1-3-14-32(15-4-1)47-50-48(33-16-5-2-6-17-33)52-49(51-47)42-30-37(53-43-21-11-9-19-38(43)39-20-10-12-22-44(39)53)29-41-40-26-25-36(28-45(40)54-46(41)42)35-24-23-31-13-7-8-18-34(31)27-35/h1-30H/i1D,3D,4D,14D,15D. The fourth-order valence-corrected chi connectivity index (χ4v) is 8.83. The summed E-state index contributed by atoms with van der Waals surface area (Å²) in [6.45, 7) is 0. The Labute approximate surface area is 322 Å². The summed E-state index contributed by atoms with van der Waals surface area (Å²) in [6, 6.07) is 50.0. The first-order valence-electron chi connectivity index (χ1n) is 20.2. The molecule has 0 atom stereocenters. The summed E-state index contributed by atoms with van der Waals surface area (Å²) in [5, 5.41) is 6.75. The normalized spacial score (nSPS) is 13.0. The first-order valence-corrected chi connectivity index (χ1v) is 18.5. The molecular weight excluding hydrogens is 677 g/mol. The molecule has 3 heterocycles. The monoisotopic (exact) mass is 711 g/mol. The minimum Gasteiger partial charge on any atom is -0.309 e. The lowest BCUT2D eigenvalue weighted by Crippen LogP contribution is -2.01. The Kier molecular flexibility index (Phi) is 5.92. The lowest BCUT2D eigenvalue weighted by Gasteiger charge is -2.13. The van der Waals surface area contributed by atoms with Crippen LogP contribution in [0.1, 0.15) is 6.85 Å². The van der Waals surface area contributed by atoms with Crippen molar-refractivity contribution >= 4 is 64.1 Å². The average Bonchev–Trinajstić information content (AvgIpc) is 3.83. The van der Waals surface area contributed by atoms with Gasteiger partial charge in [0.15, 0.2) is 17.5 Å². The van der Waals surface area contributed by atoms with Crippen LogP contribution in [-0.4, -0.2) is 19.5 Å². The Morgan fingerprint density at radius 3 is 1.85 bits per heavy atom. The van der Waals surface area contributed by atoms with E-state index in [4.69, 9.17) is 21.8 Å². The summed E-state index contributed by atoms with van der Waals surface area (Å²) in [7, 11) is 0. The van der Waals surface area contributed by atoms with Crippen molar-refractivity contribution in [1.82, 2.24) is 19.5 Å². The van der Waals surface area contributed by atoms with E-state index >= 15 is 0 Å². The van der Waals surface area contributed by atoms with Crippen LogP contribution in [0.15, 0.2) is 182 Å². The van der Waals surface area contributed by atoms with Crippen LogP contribution < -0.4 is 0 Å². The molecular formula is C49H30N4S. The van der Waals surface area contributed by atoms with Crippen molar-refractivity contribution in [3.05, 3.63) is 182 Å². The van der Waals surface area contributed by atoms with Crippen molar-refractivity contribution in [2.24, 2.45) is 0 Å². The molecule has 0 N–H and O–H groups in total. The minimum atomic E-state index is -0.477. The highest BCUT2D eigenvalue weighted by molar-refractivity contribution is 7.26. The fraction of sp³-hybridized carbons (Fsp3) is 0. The molecule has 0 spiro atoms. The number of fused-ring (bicyclic) bond motifs is 7.